The van der Waals surface area contributed by atoms with E-state index in [1.54, 1.807) is 16.2 Å². The van der Waals surface area contributed by atoms with Crippen molar-refractivity contribution in [1.82, 2.24) is 24.3 Å². The predicted octanol–water partition coefficient (Wildman–Crippen LogP) is 4.71. The fourth-order valence-corrected chi connectivity index (χ4v) is 5.49. The normalized spacial score (nSPS) is 17.6. The van der Waals surface area contributed by atoms with Crippen LogP contribution in [0.4, 0.5) is 10.2 Å². The standard InChI is InChI=1S/C30H27FN6O2/c1-16-7-4-5-10-24(16)37-20(11-19-9-6-8-17(2)25(19)30(37)39)14-36-29-26(28(32)33-15-34-29)27(35-36)22-12-21(38)13-23(31)18(22)3/h4-12,15,18,23H,13-14H2,1-3H3,(H2,32,33,34). The molecule has 0 saturated carbocycles. The third-order valence-corrected chi connectivity index (χ3v) is 7.58. The van der Waals surface area contributed by atoms with E-state index in [4.69, 9.17) is 10.8 Å². The van der Waals surface area contributed by atoms with Gasteiger partial charge in [0.15, 0.2) is 11.4 Å². The highest BCUT2D eigenvalue weighted by Gasteiger charge is 2.32. The summed E-state index contributed by atoms with van der Waals surface area (Å²) >= 11 is 0. The zero-order valence-corrected chi connectivity index (χ0v) is 21.9. The first-order valence-electron chi connectivity index (χ1n) is 12.8. The highest BCUT2D eigenvalue weighted by Crippen LogP contribution is 2.37. The molecule has 0 radical (unpaired) electrons. The van der Waals surface area contributed by atoms with Gasteiger partial charge in [-0.3, -0.25) is 14.2 Å². The minimum absolute atomic E-state index is 0.129. The first-order valence-corrected chi connectivity index (χ1v) is 12.8. The van der Waals surface area contributed by atoms with Crippen molar-refractivity contribution in [2.45, 2.75) is 39.9 Å². The fourth-order valence-electron chi connectivity index (χ4n) is 5.49. The van der Waals surface area contributed by atoms with Crippen molar-refractivity contribution >= 4 is 39.0 Å². The van der Waals surface area contributed by atoms with Gasteiger partial charge < -0.3 is 5.73 Å². The number of aryl methyl sites for hydroxylation is 2. The highest BCUT2D eigenvalue weighted by molar-refractivity contribution is 6.04. The smallest absolute Gasteiger partial charge is 0.263 e. The number of hydrogen-bond acceptors (Lipinski definition) is 6. The second-order valence-electron chi connectivity index (χ2n) is 10.1. The molecule has 0 amide bonds. The van der Waals surface area contributed by atoms with Crippen molar-refractivity contribution in [2.24, 2.45) is 5.92 Å². The fraction of sp³-hybridized carbons (Fsp3) is 0.233. The number of anilines is 1. The van der Waals surface area contributed by atoms with E-state index < -0.39 is 12.1 Å². The zero-order chi connectivity index (χ0) is 27.4. The van der Waals surface area contributed by atoms with E-state index in [0.717, 1.165) is 22.2 Å². The lowest BCUT2D eigenvalue weighted by atomic mass is 9.84. The third kappa shape index (κ3) is 4.01. The average Bonchev–Trinajstić information content (AvgIpc) is 3.26. The van der Waals surface area contributed by atoms with Gasteiger partial charge in [0.1, 0.15) is 24.0 Å². The van der Waals surface area contributed by atoms with Gasteiger partial charge in [-0.15, -0.1) is 0 Å². The molecule has 9 heteroatoms. The van der Waals surface area contributed by atoms with Crippen molar-refractivity contribution in [3.05, 3.63) is 93.8 Å². The van der Waals surface area contributed by atoms with Gasteiger partial charge in [0.05, 0.1) is 23.0 Å². The Bertz CT molecular complexity index is 1890. The molecule has 0 bridgehead atoms. The minimum Gasteiger partial charge on any atom is -0.383 e. The number of carbonyl (C=O) groups excluding carboxylic acids is 1. The van der Waals surface area contributed by atoms with Crippen molar-refractivity contribution in [3.8, 4) is 5.69 Å². The molecule has 3 heterocycles. The Hall–Kier alpha value is -4.66. The summed E-state index contributed by atoms with van der Waals surface area (Å²) in [4.78, 5) is 34.9. The first kappa shape index (κ1) is 24.7. The number of nitrogen functional groups attached to an aromatic ring is 1. The second kappa shape index (κ2) is 9.27. The Kier molecular flexibility index (Phi) is 5.86. The minimum atomic E-state index is -1.32. The molecule has 39 heavy (non-hydrogen) atoms. The van der Waals surface area contributed by atoms with Gasteiger partial charge >= 0.3 is 0 Å². The van der Waals surface area contributed by atoms with Gasteiger partial charge in [-0.25, -0.2) is 19.0 Å². The molecule has 3 aromatic heterocycles. The topological polar surface area (TPSA) is 109 Å². The van der Waals surface area contributed by atoms with Crippen LogP contribution in [-0.2, 0) is 11.3 Å². The van der Waals surface area contributed by atoms with Crippen molar-refractivity contribution in [1.29, 1.82) is 0 Å². The highest BCUT2D eigenvalue weighted by atomic mass is 19.1. The number of halogens is 1. The Balaban J connectivity index is 1.61. The number of para-hydroxylation sites is 1. The molecule has 5 aromatic rings. The van der Waals surface area contributed by atoms with E-state index in [0.29, 0.717) is 33.4 Å². The van der Waals surface area contributed by atoms with Gasteiger partial charge in [-0.05, 0) is 54.1 Å². The molecule has 196 valence electrons. The number of alkyl halides is 1. The number of rotatable bonds is 4. The van der Waals surface area contributed by atoms with E-state index in [2.05, 4.69) is 9.97 Å². The van der Waals surface area contributed by atoms with Gasteiger partial charge in [-0.2, -0.15) is 5.10 Å². The number of pyridine rings is 1. The molecule has 6 rings (SSSR count). The van der Waals surface area contributed by atoms with E-state index in [1.165, 1.54) is 12.4 Å². The van der Waals surface area contributed by atoms with Crippen LogP contribution in [0.2, 0.25) is 0 Å². The van der Waals surface area contributed by atoms with Crippen molar-refractivity contribution in [2.75, 3.05) is 5.73 Å². The summed E-state index contributed by atoms with van der Waals surface area (Å²) in [6, 6.07) is 15.5. The molecular formula is C30H27FN6O2. The molecule has 0 aliphatic heterocycles. The lowest BCUT2D eigenvalue weighted by Crippen LogP contribution is -2.25. The number of carbonyl (C=O) groups is 1. The van der Waals surface area contributed by atoms with Crippen LogP contribution >= 0.6 is 0 Å². The van der Waals surface area contributed by atoms with Gasteiger partial charge in [0, 0.05) is 18.0 Å². The number of allylic oxidation sites excluding steroid dienone is 2. The van der Waals surface area contributed by atoms with Crippen molar-refractivity contribution in [3.63, 3.8) is 0 Å². The van der Waals surface area contributed by atoms with Crippen LogP contribution < -0.4 is 11.3 Å². The Morgan fingerprint density at radius 2 is 1.79 bits per heavy atom. The summed E-state index contributed by atoms with van der Waals surface area (Å²) in [7, 11) is 0. The third-order valence-electron chi connectivity index (χ3n) is 7.58. The monoisotopic (exact) mass is 522 g/mol. The number of nitrogens with zero attached hydrogens (tertiary/aromatic N) is 5. The molecule has 8 nitrogen and oxygen atoms in total. The van der Waals surface area contributed by atoms with E-state index in [1.807, 2.05) is 62.4 Å². The summed E-state index contributed by atoms with van der Waals surface area (Å²) in [6.45, 7) is 5.80. The summed E-state index contributed by atoms with van der Waals surface area (Å²) in [6.07, 6.45) is 1.31. The molecule has 2 N–H and O–H groups in total. The Morgan fingerprint density at radius 1 is 1.03 bits per heavy atom. The number of hydrogen-bond donors (Lipinski definition) is 1. The lowest BCUT2D eigenvalue weighted by Gasteiger charge is -2.22. The number of nitrogens with two attached hydrogens (primary N) is 1. The van der Waals surface area contributed by atoms with Crippen LogP contribution in [0, 0.1) is 19.8 Å². The molecular weight excluding hydrogens is 495 g/mol. The first-order chi connectivity index (χ1) is 18.7. The van der Waals surface area contributed by atoms with Crippen molar-refractivity contribution < 1.29 is 9.18 Å². The number of ketones is 1. The molecule has 2 aromatic carbocycles. The maximum Gasteiger partial charge on any atom is 0.263 e. The molecule has 0 saturated heterocycles. The second-order valence-corrected chi connectivity index (χ2v) is 10.1. The molecule has 2 atom stereocenters. The van der Waals surface area contributed by atoms with Crippen LogP contribution in [0.3, 0.4) is 0 Å². The van der Waals surface area contributed by atoms with Crippen LogP contribution in [0.15, 0.2) is 65.7 Å². The molecule has 2 unspecified atom stereocenters. The molecule has 0 spiro atoms. The van der Waals surface area contributed by atoms with E-state index in [9.17, 15) is 14.0 Å². The molecule has 1 aliphatic carbocycles. The van der Waals surface area contributed by atoms with Crippen LogP contribution in [0.1, 0.15) is 35.9 Å². The molecule has 1 aliphatic rings. The average molecular weight is 523 g/mol. The SMILES string of the molecule is Cc1ccccc1-n1c(Cn2nc(C3=CC(=O)CC(F)C3C)c3c(N)ncnc32)cc2cccc(C)c2c1=O. The predicted molar refractivity (Wildman–Crippen MR) is 150 cm³/mol. The zero-order valence-electron chi connectivity index (χ0n) is 21.9. The van der Waals surface area contributed by atoms with E-state index >= 15 is 0 Å². The maximum atomic E-state index is 14.7. The molecule has 0 fully saturated rings. The summed E-state index contributed by atoms with van der Waals surface area (Å²) in [5.74, 6) is -0.664. The number of aromatic nitrogens is 5. The number of fused-ring (bicyclic) bond motifs is 2. The van der Waals surface area contributed by atoms with Crippen LogP contribution in [0.25, 0.3) is 33.1 Å². The van der Waals surface area contributed by atoms with Gasteiger partial charge in [-0.1, -0.05) is 43.3 Å². The summed E-state index contributed by atoms with van der Waals surface area (Å²) in [5, 5.41) is 6.73. The Labute approximate surface area is 223 Å². The summed E-state index contributed by atoms with van der Waals surface area (Å²) in [5.41, 5.74) is 10.7. The number of benzene rings is 2. The van der Waals surface area contributed by atoms with Crippen LogP contribution in [0.5, 0.6) is 0 Å². The lowest BCUT2D eigenvalue weighted by molar-refractivity contribution is -0.116. The summed E-state index contributed by atoms with van der Waals surface area (Å²) < 4.78 is 18.1. The quantitative estimate of drug-likeness (QED) is 0.366. The van der Waals surface area contributed by atoms with E-state index in [-0.39, 0.29) is 30.1 Å². The van der Waals surface area contributed by atoms with Gasteiger partial charge in [0.2, 0.25) is 0 Å². The van der Waals surface area contributed by atoms with Gasteiger partial charge in [0.25, 0.3) is 5.56 Å². The maximum absolute atomic E-state index is 14.7. The Morgan fingerprint density at radius 3 is 2.59 bits per heavy atom. The largest absolute Gasteiger partial charge is 0.383 e. The van der Waals surface area contributed by atoms with Crippen LogP contribution in [-0.4, -0.2) is 36.3 Å².